The van der Waals surface area contributed by atoms with Gasteiger partial charge in [-0.05, 0) is 18.2 Å². The summed E-state index contributed by atoms with van der Waals surface area (Å²) in [5.41, 5.74) is -0.0553. The highest BCUT2D eigenvalue weighted by molar-refractivity contribution is 9.10. The Kier molecular flexibility index (Phi) is 3.93. The van der Waals surface area contributed by atoms with Crippen LogP contribution in [0.1, 0.15) is 10.4 Å². The van der Waals surface area contributed by atoms with Gasteiger partial charge in [0, 0.05) is 11.0 Å². The van der Waals surface area contributed by atoms with E-state index in [-0.39, 0.29) is 24.4 Å². The zero-order valence-corrected chi connectivity index (χ0v) is 11.8. The molecule has 0 spiro atoms. The normalized spacial score (nSPS) is 18.6. The average Bonchev–Trinajstić information content (AvgIpc) is 2.40. The van der Waals surface area contributed by atoms with Gasteiger partial charge < -0.3 is 20.4 Å². The minimum atomic E-state index is -1.21. The molecule has 2 rings (SSSR count). The van der Waals surface area contributed by atoms with E-state index in [9.17, 15) is 19.5 Å². The van der Waals surface area contributed by atoms with E-state index in [1.54, 1.807) is 6.07 Å². The first-order valence-electron chi connectivity index (χ1n) is 5.69. The fourth-order valence-corrected chi connectivity index (χ4v) is 2.27. The summed E-state index contributed by atoms with van der Waals surface area (Å²) in [5, 5.41) is 21.2. The molecule has 1 atom stereocenters. The second-order valence-electron chi connectivity index (χ2n) is 4.25. The molecule has 0 aromatic heterocycles. The third-order valence-electron chi connectivity index (χ3n) is 2.92. The molecular formula is C12H11BrN2O5. The summed E-state index contributed by atoms with van der Waals surface area (Å²) in [5.74, 6) is -2.63. The fraction of sp³-hybridized carbons (Fsp3) is 0.250. The smallest absolute Gasteiger partial charge is 0.328 e. The topological polar surface area (TPSA) is 107 Å². The highest BCUT2D eigenvalue weighted by Crippen LogP contribution is 2.24. The first-order valence-corrected chi connectivity index (χ1v) is 6.48. The molecule has 2 amide bonds. The lowest BCUT2D eigenvalue weighted by atomic mass is 10.1. The van der Waals surface area contributed by atoms with Gasteiger partial charge in [0.25, 0.3) is 5.91 Å². The zero-order chi connectivity index (χ0) is 14.9. The largest absolute Gasteiger partial charge is 0.507 e. The van der Waals surface area contributed by atoms with Gasteiger partial charge in [-0.25, -0.2) is 4.79 Å². The number of carboxylic acids is 1. The van der Waals surface area contributed by atoms with Crippen LogP contribution in [0.4, 0.5) is 0 Å². The number of aromatic hydroxyl groups is 1. The highest BCUT2D eigenvalue weighted by Gasteiger charge is 2.36. The van der Waals surface area contributed by atoms with Crippen molar-refractivity contribution in [3.8, 4) is 5.75 Å². The van der Waals surface area contributed by atoms with Crippen LogP contribution in [-0.4, -0.2) is 52.0 Å². The number of carbonyl (C=O) groups excluding carboxylic acids is 2. The van der Waals surface area contributed by atoms with Crippen LogP contribution < -0.4 is 5.32 Å². The monoisotopic (exact) mass is 342 g/mol. The molecule has 1 unspecified atom stereocenters. The van der Waals surface area contributed by atoms with Crippen LogP contribution in [0.3, 0.4) is 0 Å². The number of hydrogen-bond acceptors (Lipinski definition) is 4. The number of carbonyl (C=O) groups is 3. The average molecular weight is 343 g/mol. The van der Waals surface area contributed by atoms with E-state index in [1.165, 1.54) is 12.1 Å². The number of piperazine rings is 1. The first kappa shape index (κ1) is 14.3. The molecule has 0 radical (unpaired) electrons. The van der Waals surface area contributed by atoms with Crippen LogP contribution in [0.25, 0.3) is 0 Å². The number of benzene rings is 1. The van der Waals surface area contributed by atoms with E-state index in [0.717, 1.165) is 4.90 Å². The molecule has 20 heavy (non-hydrogen) atoms. The molecule has 1 aromatic carbocycles. The van der Waals surface area contributed by atoms with E-state index in [0.29, 0.717) is 4.47 Å². The van der Waals surface area contributed by atoms with Crippen molar-refractivity contribution in [3.05, 3.63) is 28.2 Å². The van der Waals surface area contributed by atoms with Gasteiger partial charge in [0.15, 0.2) is 0 Å². The van der Waals surface area contributed by atoms with Gasteiger partial charge in [0.05, 0.1) is 5.56 Å². The quantitative estimate of drug-likeness (QED) is 0.710. The number of phenols is 1. The summed E-state index contributed by atoms with van der Waals surface area (Å²) in [6.07, 6.45) is 0. The molecule has 1 fully saturated rings. The molecule has 0 aliphatic carbocycles. The van der Waals surface area contributed by atoms with Crippen LogP contribution >= 0.6 is 15.9 Å². The van der Waals surface area contributed by atoms with Gasteiger partial charge in [-0.3, -0.25) is 9.59 Å². The van der Waals surface area contributed by atoms with Gasteiger partial charge >= 0.3 is 5.97 Å². The van der Waals surface area contributed by atoms with Gasteiger partial charge in [-0.1, -0.05) is 15.9 Å². The van der Waals surface area contributed by atoms with Crippen LogP contribution in [-0.2, 0) is 9.59 Å². The second-order valence-corrected chi connectivity index (χ2v) is 5.17. The number of nitrogens with zero attached hydrogens (tertiary/aromatic N) is 1. The maximum absolute atomic E-state index is 12.3. The van der Waals surface area contributed by atoms with Gasteiger partial charge in [-0.2, -0.15) is 0 Å². The molecule has 1 aliphatic rings. The van der Waals surface area contributed by atoms with Gasteiger partial charge in [-0.15, -0.1) is 0 Å². The maximum atomic E-state index is 12.3. The molecule has 1 aromatic rings. The Morgan fingerprint density at radius 2 is 2.10 bits per heavy atom. The van der Waals surface area contributed by atoms with Crippen molar-refractivity contribution < 1.29 is 24.6 Å². The van der Waals surface area contributed by atoms with Crippen molar-refractivity contribution in [1.29, 1.82) is 0 Å². The Labute approximate surface area is 122 Å². The first-order chi connectivity index (χ1) is 9.40. The minimum absolute atomic E-state index is 0.0553. The zero-order valence-electron chi connectivity index (χ0n) is 10.2. The molecule has 8 heteroatoms. The molecule has 1 heterocycles. The standard InChI is InChI=1S/C12H11BrN2O5/c13-6-1-2-9(16)7(3-6)11(18)15-5-10(17)14-4-8(15)12(19)20/h1-3,8,16H,4-5H2,(H,14,17)(H,19,20). The van der Waals surface area contributed by atoms with E-state index >= 15 is 0 Å². The molecule has 7 nitrogen and oxygen atoms in total. The summed E-state index contributed by atoms with van der Waals surface area (Å²) in [7, 11) is 0. The Balaban J connectivity index is 2.36. The summed E-state index contributed by atoms with van der Waals surface area (Å²) in [6.45, 7) is -0.517. The second kappa shape index (κ2) is 5.49. The van der Waals surface area contributed by atoms with E-state index in [4.69, 9.17) is 5.11 Å². The number of hydrogen-bond donors (Lipinski definition) is 3. The number of nitrogens with one attached hydrogen (secondary N) is 1. The molecule has 1 aliphatic heterocycles. The van der Waals surface area contributed by atoms with Crippen molar-refractivity contribution >= 4 is 33.7 Å². The highest BCUT2D eigenvalue weighted by atomic mass is 79.9. The third kappa shape index (κ3) is 2.74. The van der Waals surface area contributed by atoms with E-state index < -0.39 is 23.8 Å². The summed E-state index contributed by atoms with van der Waals surface area (Å²) in [4.78, 5) is 35.8. The fourth-order valence-electron chi connectivity index (χ4n) is 1.91. The maximum Gasteiger partial charge on any atom is 0.328 e. The Hall–Kier alpha value is -2.09. The van der Waals surface area contributed by atoms with Crippen molar-refractivity contribution in [1.82, 2.24) is 10.2 Å². The number of carboxylic acid groups (broad SMARTS) is 1. The lowest BCUT2D eigenvalue weighted by Gasteiger charge is -2.32. The van der Waals surface area contributed by atoms with Crippen LogP contribution in [0, 0.1) is 0 Å². The number of halogens is 1. The minimum Gasteiger partial charge on any atom is -0.507 e. The van der Waals surface area contributed by atoms with Crippen molar-refractivity contribution in [2.45, 2.75) is 6.04 Å². The van der Waals surface area contributed by atoms with E-state index in [1.807, 2.05) is 0 Å². The van der Waals surface area contributed by atoms with Crippen LogP contribution in [0.5, 0.6) is 5.75 Å². The Bertz CT molecular complexity index is 589. The molecule has 0 saturated carbocycles. The van der Waals surface area contributed by atoms with E-state index in [2.05, 4.69) is 21.2 Å². The lowest BCUT2D eigenvalue weighted by Crippen LogP contribution is -2.59. The molecular weight excluding hydrogens is 332 g/mol. The van der Waals surface area contributed by atoms with Crippen LogP contribution in [0.15, 0.2) is 22.7 Å². The number of aliphatic carboxylic acids is 1. The Morgan fingerprint density at radius 1 is 1.40 bits per heavy atom. The van der Waals surface area contributed by atoms with Crippen LogP contribution in [0.2, 0.25) is 0 Å². The molecule has 0 bridgehead atoms. The summed E-state index contributed by atoms with van der Waals surface area (Å²) in [6, 6.07) is 3.09. The van der Waals surface area contributed by atoms with Crippen molar-refractivity contribution in [2.75, 3.05) is 13.1 Å². The summed E-state index contributed by atoms with van der Waals surface area (Å²) >= 11 is 3.17. The van der Waals surface area contributed by atoms with Crippen molar-refractivity contribution in [2.24, 2.45) is 0 Å². The number of amides is 2. The Morgan fingerprint density at radius 3 is 2.75 bits per heavy atom. The molecule has 1 saturated heterocycles. The lowest BCUT2D eigenvalue weighted by molar-refractivity contribution is -0.144. The number of rotatable bonds is 2. The summed E-state index contributed by atoms with van der Waals surface area (Å²) < 4.78 is 0.562. The molecule has 106 valence electrons. The SMILES string of the molecule is O=C1CN(C(=O)c2cc(Br)ccc2O)C(C(=O)O)CN1. The van der Waals surface area contributed by atoms with Gasteiger partial charge in [0.1, 0.15) is 18.3 Å². The molecule has 3 N–H and O–H groups in total. The third-order valence-corrected chi connectivity index (χ3v) is 3.41. The predicted octanol–water partition coefficient (Wildman–Crippen LogP) is 0.180. The number of phenolic OH excluding ortho intramolecular Hbond substituents is 1. The predicted molar refractivity (Wildman–Crippen MR) is 71.3 cm³/mol. The van der Waals surface area contributed by atoms with Crippen molar-refractivity contribution in [3.63, 3.8) is 0 Å². The van der Waals surface area contributed by atoms with Gasteiger partial charge in [0.2, 0.25) is 5.91 Å².